The zero-order valence-corrected chi connectivity index (χ0v) is 9.43. The molecule has 0 aliphatic rings. The molecule has 0 aliphatic carbocycles. The van der Waals surface area contributed by atoms with E-state index in [9.17, 15) is 0 Å². The van der Waals surface area contributed by atoms with Crippen molar-refractivity contribution in [1.82, 2.24) is 10.6 Å². The van der Waals surface area contributed by atoms with Crippen molar-refractivity contribution in [3.05, 3.63) is 34.9 Å². The first kappa shape index (κ1) is 11.5. The normalized spacial score (nSPS) is 12.8. The van der Waals surface area contributed by atoms with E-state index in [0.29, 0.717) is 6.04 Å². The van der Waals surface area contributed by atoms with Crippen LogP contribution in [0.25, 0.3) is 0 Å². The molecule has 0 bridgehead atoms. The number of hydrogen-bond acceptors (Lipinski definition) is 2. The molecule has 0 aromatic heterocycles. The maximum Gasteiger partial charge on any atom is 0.0409 e. The van der Waals surface area contributed by atoms with E-state index < -0.39 is 0 Å². The van der Waals surface area contributed by atoms with Crippen molar-refractivity contribution in [3.8, 4) is 0 Å². The lowest BCUT2D eigenvalue weighted by Gasteiger charge is -2.13. The minimum absolute atomic E-state index is 0.471. The summed E-state index contributed by atoms with van der Waals surface area (Å²) in [6, 6.07) is 8.40. The van der Waals surface area contributed by atoms with Gasteiger partial charge in [-0.1, -0.05) is 23.7 Å². The second kappa shape index (κ2) is 6.02. The molecule has 14 heavy (non-hydrogen) atoms. The Labute approximate surface area is 90.7 Å². The number of likely N-dealkylation sites (N-methyl/N-ethyl adjacent to an activating group) is 1. The maximum atomic E-state index is 5.88. The molecule has 0 saturated carbocycles. The predicted octanol–water partition coefficient (Wildman–Crippen LogP) is 2.04. The molecule has 2 N–H and O–H groups in total. The van der Waals surface area contributed by atoms with E-state index in [1.54, 1.807) is 0 Å². The van der Waals surface area contributed by atoms with Gasteiger partial charge in [0.05, 0.1) is 0 Å². The lowest BCUT2D eigenvalue weighted by atomic mass is 10.2. The van der Waals surface area contributed by atoms with E-state index in [2.05, 4.69) is 23.6 Å². The summed E-state index contributed by atoms with van der Waals surface area (Å²) in [5.74, 6) is 0. The fourth-order valence-corrected chi connectivity index (χ4v) is 1.53. The summed E-state index contributed by atoms with van der Waals surface area (Å²) in [7, 11) is 1.96. The highest BCUT2D eigenvalue weighted by molar-refractivity contribution is 6.30. The number of hydrogen-bond donors (Lipinski definition) is 2. The summed E-state index contributed by atoms with van der Waals surface area (Å²) in [5.41, 5.74) is 1.22. The number of halogens is 1. The summed E-state index contributed by atoms with van der Waals surface area (Å²) in [4.78, 5) is 0. The molecular weight excluding hydrogens is 196 g/mol. The molecule has 2 nitrogen and oxygen atoms in total. The smallest absolute Gasteiger partial charge is 0.0409 e. The molecule has 0 heterocycles. The van der Waals surface area contributed by atoms with Crippen molar-refractivity contribution in [2.45, 2.75) is 19.5 Å². The maximum absolute atomic E-state index is 5.88. The Balaban J connectivity index is 2.37. The van der Waals surface area contributed by atoms with Gasteiger partial charge in [0.2, 0.25) is 0 Å². The molecule has 3 heteroatoms. The summed E-state index contributed by atoms with van der Waals surface area (Å²) in [6.45, 7) is 3.99. The average Bonchev–Trinajstić information content (AvgIpc) is 2.15. The van der Waals surface area contributed by atoms with Gasteiger partial charge in [-0.15, -0.1) is 0 Å². The Morgan fingerprint density at radius 2 is 2.21 bits per heavy atom. The molecule has 0 fully saturated rings. The topological polar surface area (TPSA) is 24.1 Å². The van der Waals surface area contributed by atoms with Gasteiger partial charge in [0.25, 0.3) is 0 Å². The van der Waals surface area contributed by atoms with Gasteiger partial charge in [-0.3, -0.25) is 0 Å². The van der Waals surface area contributed by atoms with Crippen molar-refractivity contribution in [3.63, 3.8) is 0 Å². The van der Waals surface area contributed by atoms with Gasteiger partial charge in [0.1, 0.15) is 0 Å². The first-order chi connectivity index (χ1) is 6.72. The highest BCUT2D eigenvalue weighted by atomic mass is 35.5. The first-order valence-corrected chi connectivity index (χ1v) is 5.22. The summed E-state index contributed by atoms with van der Waals surface area (Å²) < 4.78 is 0. The van der Waals surface area contributed by atoms with Gasteiger partial charge in [0.15, 0.2) is 0 Å². The first-order valence-electron chi connectivity index (χ1n) is 4.85. The van der Waals surface area contributed by atoms with Crippen molar-refractivity contribution < 1.29 is 0 Å². The van der Waals surface area contributed by atoms with Gasteiger partial charge in [-0.05, 0) is 31.7 Å². The third kappa shape index (κ3) is 4.09. The van der Waals surface area contributed by atoms with E-state index in [4.69, 9.17) is 11.6 Å². The van der Waals surface area contributed by atoms with Crippen LogP contribution in [0.15, 0.2) is 24.3 Å². The van der Waals surface area contributed by atoms with E-state index in [0.717, 1.165) is 18.1 Å². The Morgan fingerprint density at radius 3 is 2.86 bits per heavy atom. The molecule has 0 amide bonds. The zero-order chi connectivity index (χ0) is 10.4. The highest BCUT2D eigenvalue weighted by Crippen LogP contribution is 2.10. The number of rotatable bonds is 5. The molecule has 1 atom stereocenters. The summed E-state index contributed by atoms with van der Waals surface area (Å²) >= 11 is 5.88. The fraction of sp³-hybridized carbons (Fsp3) is 0.455. The second-order valence-corrected chi connectivity index (χ2v) is 3.91. The van der Waals surface area contributed by atoms with Gasteiger partial charge >= 0.3 is 0 Å². The summed E-state index contributed by atoms with van der Waals surface area (Å²) in [5, 5.41) is 7.33. The van der Waals surface area contributed by atoms with E-state index in [1.165, 1.54) is 5.56 Å². The molecule has 0 spiro atoms. The minimum atomic E-state index is 0.471. The second-order valence-electron chi connectivity index (χ2n) is 3.47. The summed E-state index contributed by atoms with van der Waals surface area (Å²) in [6.07, 6.45) is 0. The fourth-order valence-electron chi connectivity index (χ4n) is 1.32. The number of nitrogens with one attached hydrogen (secondary N) is 2. The SMILES string of the molecule is CNCC(C)NCc1cccc(Cl)c1. The van der Waals surface area contributed by atoms with E-state index in [1.807, 2.05) is 25.2 Å². The molecule has 78 valence electrons. The highest BCUT2D eigenvalue weighted by Gasteiger charge is 1.99. The van der Waals surface area contributed by atoms with Crippen molar-refractivity contribution in [1.29, 1.82) is 0 Å². The number of benzene rings is 1. The largest absolute Gasteiger partial charge is 0.318 e. The molecule has 1 unspecified atom stereocenters. The molecule has 0 aliphatic heterocycles. The Kier molecular flexibility index (Phi) is 4.94. The van der Waals surface area contributed by atoms with Gasteiger partial charge in [-0.25, -0.2) is 0 Å². The quantitative estimate of drug-likeness (QED) is 0.781. The van der Waals surface area contributed by atoms with Crippen LogP contribution in [-0.4, -0.2) is 19.6 Å². The Morgan fingerprint density at radius 1 is 1.43 bits per heavy atom. The van der Waals surface area contributed by atoms with Crippen molar-refractivity contribution in [2.24, 2.45) is 0 Å². The minimum Gasteiger partial charge on any atom is -0.318 e. The van der Waals surface area contributed by atoms with Gasteiger partial charge in [-0.2, -0.15) is 0 Å². The van der Waals surface area contributed by atoms with Crippen molar-refractivity contribution >= 4 is 11.6 Å². The van der Waals surface area contributed by atoms with Crippen LogP contribution in [0.5, 0.6) is 0 Å². The van der Waals surface area contributed by atoms with Gasteiger partial charge in [0, 0.05) is 24.2 Å². The van der Waals surface area contributed by atoms with Crippen LogP contribution >= 0.6 is 11.6 Å². The predicted molar refractivity (Wildman–Crippen MR) is 61.7 cm³/mol. The standard InChI is InChI=1S/C11H17ClN2/c1-9(7-13-2)14-8-10-4-3-5-11(12)6-10/h3-6,9,13-14H,7-8H2,1-2H3. The van der Waals surface area contributed by atoms with Crippen LogP contribution in [0.1, 0.15) is 12.5 Å². The van der Waals surface area contributed by atoms with E-state index in [-0.39, 0.29) is 0 Å². The third-order valence-electron chi connectivity index (χ3n) is 2.05. The van der Waals surface area contributed by atoms with Crippen molar-refractivity contribution in [2.75, 3.05) is 13.6 Å². The molecule has 0 saturated heterocycles. The van der Waals surface area contributed by atoms with Crippen LogP contribution in [0.3, 0.4) is 0 Å². The van der Waals surface area contributed by atoms with E-state index >= 15 is 0 Å². The van der Waals surface area contributed by atoms with Crippen LogP contribution in [0.2, 0.25) is 5.02 Å². The monoisotopic (exact) mass is 212 g/mol. The Hall–Kier alpha value is -0.570. The molecule has 1 rings (SSSR count). The molecular formula is C11H17ClN2. The molecule has 1 aromatic rings. The average molecular weight is 213 g/mol. The third-order valence-corrected chi connectivity index (χ3v) is 2.29. The van der Waals surface area contributed by atoms with Crippen LogP contribution in [0.4, 0.5) is 0 Å². The van der Waals surface area contributed by atoms with Crippen LogP contribution < -0.4 is 10.6 Å². The molecule has 0 radical (unpaired) electrons. The van der Waals surface area contributed by atoms with Crippen LogP contribution in [0, 0.1) is 0 Å². The molecule has 1 aromatic carbocycles. The lowest BCUT2D eigenvalue weighted by Crippen LogP contribution is -2.34. The van der Waals surface area contributed by atoms with Crippen LogP contribution in [-0.2, 0) is 6.54 Å². The van der Waals surface area contributed by atoms with Gasteiger partial charge < -0.3 is 10.6 Å². The lowest BCUT2D eigenvalue weighted by molar-refractivity contribution is 0.523. The Bertz CT molecular complexity index is 276. The zero-order valence-electron chi connectivity index (χ0n) is 8.68.